The van der Waals surface area contributed by atoms with E-state index in [1.807, 2.05) is 6.92 Å². The molecule has 0 spiro atoms. The maximum Gasteiger partial charge on any atom is 0.339 e. The first-order valence-corrected chi connectivity index (χ1v) is 5.81. The van der Waals surface area contributed by atoms with E-state index in [9.17, 15) is 4.79 Å². The van der Waals surface area contributed by atoms with Gasteiger partial charge >= 0.3 is 5.97 Å². The zero-order valence-electron chi connectivity index (χ0n) is 9.72. The van der Waals surface area contributed by atoms with Crippen LogP contribution in [-0.2, 0) is 6.54 Å². The van der Waals surface area contributed by atoms with Gasteiger partial charge in [-0.05, 0) is 19.1 Å². The number of anilines is 2. The number of halogens is 1. The Morgan fingerprint density at radius 2 is 2.33 bits per heavy atom. The van der Waals surface area contributed by atoms with Crippen molar-refractivity contribution in [1.29, 1.82) is 0 Å². The molecular weight excluding hydrogens is 254 g/mol. The summed E-state index contributed by atoms with van der Waals surface area (Å²) in [7, 11) is 0. The summed E-state index contributed by atoms with van der Waals surface area (Å²) in [4.78, 5) is 11.1. The molecule has 0 radical (unpaired) electrons. The smallest absolute Gasteiger partial charge is 0.339 e. The molecule has 0 saturated carbocycles. The fraction of sp³-hybridized carbons (Fsp3) is 0.167. The Morgan fingerprint density at radius 1 is 1.56 bits per heavy atom. The number of nitrogens with zero attached hydrogens (tertiary/aromatic N) is 2. The molecule has 18 heavy (non-hydrogen) atoms. The van der Waals surface area contributed by atoms with E-state index in [0.717, 1.165) is 12.2 Å². The number of rotatable bonds is 4. The molecule has 2 rings (SSSR count). The number of aromatic carboxylic acids is 1. The Morgan fingerprint density at radius 3 is 2.94 bits per heavy atom. The summed E-state index contributed by atoms with van der Waals surface area (Å²) < 4.78 is 1.74. The molecule has 5 nitrogen and oxygen atoms in total. The number of nitrogens with one attached hydrogen (secondary N) is 1. The molecule has 2 N–H and O–H groups in total. The molecule has 1 heterocycles. The minimum absolute atomic E-state index is 0.0587. The predicted molar refractivity (Wildman–Crippen MR) is 69.6 cm³/mol. The average Bonchev–Trinajstić information content (AvgIpc) is 2.76. The van der Waals surface area contributed by atoms with Gasteiger partial charge < -0.3 is 10.4 Å². The molecule has 0 atom stereocenters. The van der Waals surface area contributed by atoms with E-state index >= 15 is 0 Å². The molecule has 0 bridgehead atoms. The predicted octanol–water partition coefficient (Wildman–Crippen LogP) is 3.00. The van der Waals surface area contributed by atoms with Crippen LogP contribution in [0.25, 0.3) is 0 Å². The molecular formula is C12H12ClN3O2. The van der Waals surface area contributed by atoms with E-state index < -0.39 is 5.97 Å². The van der Waals surface area contributed by atoms with Crippen molar-refractivity contribution < 1.29 is 9.90 Å². The van der Waals surface area contributed by atoms with Crippen LogP contribution in [0.2, 0.25) is 5.02 Å². The van der Waals surface area contributed by atoms with Crippen molar-refractivity contribution in [3.63, 3.8) is 0 Å². The van der Waals surface area contributed by atoms with Gasteiger partial charge in [0.25, 0.3) is 0 Å². The van der Waals surface area contributed by atoms with Crippen LogP contribution in [0.4, 0.5) is 11.4 Å². The lowest BCUT2D eigenvalue weighted by atomic mass is 10.1. The number of carboxylic acids is 1. The number of hydrogen-bond acceptors (Lipinski definition) is 3. The van der Waals surface area contributed by atoms with Crippen LogP contribution < -0.4 is 5.32 Å². The van der Waals surface area contributed by atoms with Gasteiger partial charge in [-0.1, -0.05) is 17.7 Å². The maximum absolute atomic E-state index is 11.1. The fourth-order valence-electron chi connectivity index (χ4n) is 1.60. The molecule has 0 amide bonds. The Labute approximate surface area is 109 Å². The minimum atomic E-state index is -1.06. The molecule has 0 saturated heterocycles. The van der Waals surface area contributed by atoms with Gasteiger partial charge in [-0.3, -0.25) is 4.68 Å². The third kappa shape index (κ3) is 2.46. The first-order valence-electron chi connectivity index (χ1n) is 5.43. The molecule has 94 valence electrons. The van der Waals surface area contributed by atoms with E-state index in [2.05, 4.69) is 10.4 Å². The van der Waals surface area contributed by atoms with E-state index in [0.29, 0.717) is 5.69 Å². The summed E-state index contributed by atoms with van der Waals surface area (Å²) in [5, 5.41) is 16.4. The molecule has 6 heteroatoms. The Balaban J connectivity index is 2.34. The van der Waals surface area contributed by atoms with Crippen LogP contribution in [0.15, 0.2) is 30.6 Å². The summed E-state index contributed by atoms with van der Waals surface area (Å²) in [5.41, 5.74) is 1.23. The zero-order valence-corrected chi connectivity index (χ0v) is 10.5. The maximum atomic E-state index is 11.1. The highest BCUT2D eigenvalue weighted by molar-refractivity contribution is 6.34. The van der Waals surface area contributed by atoms with Crippen LogP contribution in [0.1, 0.15) is 17.3 Å². The molecule has 1 aromatic heterocycles. The molecule has 0 fully saturated rings. The van der Waals surface area contributed by atoms with Crippen molar-refractivity contribution in [2.45, 2.75) is 13.5 Å². The first kappa shape index (κ1) is 12.4. The number of aryl methyl sites for hydroxylation is 1. The summed E-state index contributed by atoms with van der Waals surface area (Å²) in [5.74, 6) is -1.06. The SMILES string of the molecule is CCn1cc(Nc2cccc(Cl)c2C(=O)O)cn1. The van der Waals surface area contributed by atoms with Gasteiger partial charge in [0.1, 0.15) is 5.56 Å². The third-order valence-corrected chi connectivity index (χ3v) is 2.78. The number of carboxylic acid groups (broad SMARTS) is 1. The normalized spacial score (nSPS) is 10.3. The molecule has 0 aliphatic carbocycles. The van der Waals surface area contributed by atoms with Crippen LogP contribution in [-0.4, -0.2) is 20.9 Å². The highest BCUT2D eigenvalue weighted by Crippen LogP contribution is 2.26. The molecule has 2 aromatic rings. The zero-order chi connectivity index (χ0) is 13.1. The van der Waals surface area contributed by atoms with Crippen molar-refractivity contribution in [2.75, 3.05) is 5.32 Å². The van der Waals surface area contributed by atoms with E-state index in [4.69, 9.17) is 16.7 Å². The van der Waals surface area contributed by atoms with E-state index in [1.165, 1.54) is 0 Å². The van der Waals surface area contributed by atoms with Gasteiger partial charge in [-0.2, -0.15) is 5.10 Å². The number of benzene rings is 1. The molecule has 0 aliphatic heterocycles. The van der Waals surface area contributed by atoms with Crippen LogP contribution >= 0.6 is 11.6 Å². The number of carbonyl (C=O) groups is 1. The van der Waals surface area contributed by atoms with Crippen LogP contribution in [0.3, 0.4) is 0 Å². The lowest BCUT2D eigenvalue weighted by molar-refractivity contribution is 0.0698. The lowest BCUT2D eigenvalue weighted by Crippen LogP contribution is -2.03. The monoisotopic (exact) mass is 265 g/mol. The highest BCUT2D eigenvalue weighted by Gasteiger charge is 2.14. The number of hydrogen-bond donors (Lipinski definition) is 2. The third-order valence-electron chi connectivity index (χ3n) is 2.46. The second-order valence-electron chi connectivity index (χ2n) is 3.68. The van der Waals surface area contributed by atoms with Crippen LogP contribution in [0.5, 0.6) is 0 Å². The van der Waals surface area contributed by atoms with Crippen LogP contribution in [0, 0.1) is 0 Å². The van der Waals surface area contributed by atoms with Gasteiger partial charge in [0.05, 0.1) is 22.6 Å². The topological polar surface area (TPSA) is 67.2 Å². The van der Waals surface area contributed by atoms with Crippen molar-refractivity contribution >= 4 is 28.9 Å². The molecule has 1 aromatic carbocycles. The van der Waals surface area contributed by atoms with Gasteiger partial charge in [0.15, 0.2) is 0 Å². The fourth-order valence-corrected chi connectivity index (χ4v) is 1.86. The quantitative estimate of drug-likeness (QED) is 0.892. The minimum Gasteiger partial charge on any atom is -0.478 e. The highest BCUT2D eigenvalue weighted by atomic mass is 35.5. The first-order chi connectivity index (χ1) is 8.61. The standard InChI is InChI=1S/C12H12ClN3O2/c1-2-16-7-8(6-14-16)15-10-5-3-4-9(13)11(10)12(17)18/h3-7,15H,2H2,1H3,(H,17,18). The number of aromatic nitrogens is 2. The average molecular weight is 266 g/mol. The second-order valence-corrected chi connectivity index (χ2v) is 4.08. The van der Waals surface area contributed by atoms with Crippen molar-refractivity contribution in [3.8, 4) is 0 Å². The van der Waals surface area contributed by atoms with Gasteiger partial charge in [0, 0.05) is 12.7 Å². The Hall–Kier alpha value is -2.01. The van der Waals surface area contributed by atoms with Crippen molar-refractivity contribution in [2.24, 2.45) is 0 Å². The molecule has 0 aliphatic rings. The van der Waals surface area contributed by atoms with Gasteiger partial charge in [0.2, 0.25) is 0 Å². The molecule has 0 unspecified atom stereocenters. The summed E-state index contributed by atoms with van der Waals surface area (Å²) in [6.07, 6.45) is 3.43. The van der Waals surface area contributed by atoms with Crippen molar-refractivity contribution in [3.05, 3.63) is 41.2 Å². The summed E-state index contributed by atoms with van der Waals surface area (Å²) in [6.45, 7) is 2.72. The van der Waals surface area contributed by atoms with E-state index in [1.54, 1.807) is 35.3 Å². The Bertz CT molecular complexity index is 580. The van der Waals surface area contributed by atoms with Crippen molar-refractivity contribution in [1.82, 2.24) is 9.78 Å². The van der Waals surface area contributed by atoms with Gasteiger partial charge in [-0.25, -0.2) is 4.79 Å². The Kier molecular flexibility index (Phi) is 3.53. The lowest BCUT2D eigenvalue weighted by Gasteiger charge is -2.08. The summed E-state index contributed by atoms with van der Waals surface area (Å²) >= 11 is 5.88. The van der Waals surface area contributed by atoms with Gasteiger partial charge in [-0.15, -0.1) is 0 Å². The second kappa shape index (κ2) is 5.10. The largest absolute Gasteiger partial charge is 0.478 e. The summed E-state index contributed by atoms with van der Waals surface area (Å²) in [6, 6.07) is 4.91. The van der Waals surface area contributed by atoms with E-state index in [-0.39, 0.29) is 10.6 Å².